The van der Waals surface area contributed by atoms with Gasteiger partial charge in [0, 0.05) is 13.1 Å². The Morgan fingerprint density at radius 3 is 2.53 bits per heavy atom. The lowest BCUT2D eigenvalue weighted by atomic mass is 10.0. The number of nitrogens with zero attached hydrogens (tertiary/aromatic N) is 2. The quantitative estimate of drug-likeness (QED) is 0.835. The lowest BCUT2D eigenvalue weighted by Crippen LogP contribution is -2.26. The first kappa shape index (κ1) is 16.0. The Balaban J connectivity index is 2.82. The summed E-state index contributed by atoms with van der Waals surface area (Å²) in [5.74, 6) is 0.957. The Bertz CT molecular complexity index is 452. The van der Waals surface area contributed by atoms with Gasteiger partial charge in [-0.25, -0.2) is 4.68 Å². The highest BCUT2D eigenvalue weighted by Crippen LogP contribution is 2.17. The van der Waals surface area contributed by atoms with E-state index in [0.29, 0.717) is 24.1 Å². The number of hydrogen-bond donors (Lipinski definition) is 1. The minimum Gasteiger partial charge on any atom is -0.382 e. The summed E-state index contributed by atoms with van der Waals surface area (Å²) in [6.45, 7) is 9.82. The number of nitrogens with one attached hydrogen (secondary N) is 1. The number of rotatable bonds is 7. The average Bonchev–Trinajstić information content (AvgIpc) is 2.38. The average molecular weight is 286 g/mol. The second kappa shape index (κ2) is 7.53. The third-order valence-electron chi connectivity index (χ3n) is 3.26. The fourth-order valence-electron chi connectivity index (χ4n) is 1.90. The monoisotopic (exact) mass is 285 g/mol. The van der Waals surface area contributed by atoms with E-state index in [1.54, 1.807) is 6.20 Å². The molecule has 4 nitrogen and oxygen atoms in total. The molecule has 108 valence electrons. The van der Waals surface area contributed by atoms with Gasteiger partial charge in [0.25, 0.3) is 5.56 Å². The van der Waals surface area contributed by atoms with Crippen LogP contribution in [-0.2, 0) is 6.54 Å². The predicted octanol–water partition coefficient (Wildman–Crippen LogP) is 3.40. The molecule has 1 N–H and O–H groups in total. The van der Waals surface area contributed by atoms with Crippen LogP contribution in [0.5, 0.6) is 0 Å². The normalized spacial score (nSPS) is 11.3. The van der Waals surface area contributed by atoms with Crippen LogP contribution in [0.25, 0.3) is 0 Å². The molecule has 19 heavy (non-hydrogen) atoms. The Kier molecular flexibility index (Phi) is 6.35. The lowest BCUT2D eigenvalue weighted by Gasteiger charge is -2.15. The van der Waals surface area contributed by atoms with Crippen molar-refractivity contribution in [3.05, 3.63) is 21.6 Å². The van der Waals surface area contributed by atoms with Crippen molar-refractivity contribution >= 4 is 17.3 Å². The van der Waals surface area contributed by atoms with Crippen molar-refractivity contribution in [2.45, 2.75) is 47.1 Å². The molecule has 0 bridgehead atoms. The Hall–Kier alpha value is -1.03. The largest absolute Gasteiger partial charge is 0.382 e. The van der Waals surface area contributed by atoms with Crippen LogP contribution in [0.3, 0.4) is 0 Å². The number of anilines is 1. The van der Waals surface area contributed by atoms with Crippen LogP contribution >= 0.6 is 11.6 Å². The summed E-state index contributed by atoms with van der Waals surface area (Å²) in [6.07, 6.45) is 3.87. The molecule has 0 spiro atoms. The Labute approximate surface area is 120 Å². The summed E-state index contributed by atoms with van der Waals surface area (Å²) >= 11 is 6.12. The van der Waals surface area contributed by atoms with Crippen LogP contribution in [0, 0.1) is 11.8 Å². The van der Waals surface area contributed by atoms with Gasteiger partial charge in [0.05, 0.1) is 11.9 Å². The molecule has 1 heterocycles. The van der Waals surface area contributed by atoms with Gasteiger partial charge < -0.3 is 5.32 Å². The van der Waals surface area contributed by atoms with Crippen LogP contribution in [-0.4, -0.2) is 16.3 Å². The van der Waals surface area contributed by atoms with Gasteiger partial charge in [0.2, 0.25) is 0 Å². The van der Waals surface area contributed by atoms with Gasteiger partial charge >= 0.3 is 0 Å². The highest BCUT2D eigenvalue weighted by molar-refractivity contribution is 6.32. The number of halogens is 1. The summed E-state index contributed by atoms with van der Waals surface area (Å²) < 4.78 is 1.43. The van der Waals surface area contributed by atoms with Gasteiger partial charge in [-0.05, 0) is 11.8 Å². The SMILES string of the molecule is CCC(CC)CNc1cnn(CC(C)C)c(=O)c1Cl. The lowest BCUT2D eigenvalue weighted by molar-refractivity contribution is 0.463. The highest BCUT2D eigenvalue weighted by atomic mass is 35.5. The van der Waals surface area contributed by atoms with E-state index in [0.717, 1.165) is 19.4 Å². The molecule has 1 rings (SSSR count). The molecule has 0 fully saturated rings. The maximum Gasteiger partial charge on any atom is 0.287 e. The zero-order valence-corrected chi connectivity index (χ0v) is 13.0. The fourth-order valence-corrected chi connectivity index (χ4v) is 2.11. The topological polar surface area (TPSA) is 46.9 Å². The van der Waals surface area contributed by atoms with E-state index in [9.17, 15) is 4.79 Å². The molecule has 5 heteroatoms. The maximum atomic E-state index is 12.0. The molecule has 1 aromatic heterocycles. The van der Waals surface area contributed by atoms with E-state index < -0.39 is 0 Å². The summed E-state index contributed by atoms with van der Waals surface area (Å²) in [6, 6.07) is 0. The van der Waals surface area contributed by atoms with Crippen molar-refractivity contribution in [1.29, 1.82) is 0 Å². The maximum absolute atomic E-state index is 12.0. The van der Waals surface area contributed by atoms with Crippen LogP contribution < -0.4 is 10.9 Å². The molecule has 0 saturated heterocycles. The van der Waals surface area contributed by atoms with Crippen LogP contribution in [0.15, 0.2) is 11.0 Å². The van der Waals surface area contributed by atoms with Gasteiger partial charge in [-0.2, -0.15) is 5.10 Å². The molecule has 1 aromatic rings. The minimum absolute atomic E-state index is 0.218. The van der Waals surface area contributed by atoms with Gasteiger partial charge in [0.1, 0.15) is 5.02 Å². The molecular weight excluding hydrogens is 262 g/mol. The molecular formula is C14H24ClN3O. The second-order valence-electron chi connectivity index (χ2n) is 5.32. The van der Waals surface area contributed by atoms with Crippen molar-refractivity contribution in [3.8, 4) is 0 Å². The van der Waals surface area contributed by atoms with Gasteiger partial charge in [0.15, 0.2) is 0 Å². The third-order valence-corrected chi connectivity index (χ3v) is 3.62. The molecule has 0 atom stereocenters. The van der Waals surface area contributed by atoms with Crippen LogP contribution in [0.4, 0.5) is 5.69 Å². The predicted molar refractivity (Wildman–Crippen MR) is 80.9 cm³/mol. The van der Waals surface area contributed by atoms with Gasteiger partial charge in [-0.15, -0.1) is 0 Å². The molecule has 0 aliphatic rings. The van der Waals surface area contributed by atoms with Crippen LogP contribution in [0.1, 0.15) is 40.5 Å². The number of aromatic nitrogens is 2. The number of hydrogen-bond acceptors (Lipinski definition) is 3. The molecule has 0 aliphatic carbocycles. The molecule has 0 aliphatic heterocycles. The van der Waals surface area contributed by atoms with Crippen molar-refractivity contribution in [3.63, 3.8) is 0 Å². The van der Waals surface area contributed by atoms with E-state index in [1.807, 2.05) is 13.8 Å². The van der Waals surface area contributed by atoms with E-state index in [-0.39, 0.29) is 10.6 Å². The standard InChI is InChI=1S/C14H24ClN3O/c1-5-11(6-2)7-16-12-8-17-18(9-10(3)4)14(19)13(12)15/h8,10-11,16H,5-7,9H2,1-4H3. The van der Waals surface area contributed by atoms with E-state index in [1.165, 1.54) is 4.68 Å². The zero-order chi connectivity index (χ0) is 14.4. The molecule has 0 aromatic carbocycles. The highest BCUT2D eigenvalue weighted by Gasteiger charge is 2.11. The smallest absolute Gasteiger partial charge is 0.287 e. The van der Waals surface area contributed by atoms with Crippen molar-refractivity contribution in [2.24, 2.45) is 11.8 Å². The third kappa shape index (κ3) is 4.53. The first-order valence-electron chi connectivity index (χ1n) is 6.99. The first-order chi connectivity index (χ1) is 8.99. The fraction of sp³-hybridized carbons (Fsp3) is 0.714. The van der Waals surface area contributed by atoms with E-state index >= 15 is 0 Å². The van der Waals surface area contributed by atoms with Crippen LogP contribution in [0.2, 0.25) is 5.02 Å². The summed E-state index contributed by atoms with van der Waals surface area (Å²) in [5.41, 5.74) is 0.420. The van der Waals surface area contributed by atoms with Crippen molar-refractivity contribution in [1.82, 2.24) is 9.78 Å². The summed E-state index contributed by atoms with van der Waals surface area (Å²) in [4.78, 5) is 12.0. The summed E-state index contributed by atoms with van der Waals surface area (Å²) in [7, 11) is 0. The first-order valence-corrected chi connectivity index (χ1v) is 7.36. The summed E-state index contributed by atoms with van der Waals surface area (Å²) in [5, 5.41) is 7.63. The second-order valence-corrected chi connectivity index (χ2v) is 5.69. The van der Waals surface area contributed by atoms with Gasteiger partial charge in [-0.1, -0.05) is 52.1 Å². The Morgan fingerprint density at radius 2 is 2.00 bits per heavy atom. The van der Waals surface area contributed by atoms with Crippen molar-refractivity contribution < 1.29 is 0 Å². The zero-order valence-electron chi connectivity index (χ0n) is 12.2. The molecule has 0 saturated carbocycles. The van der Waals surface area contributed by atoms with Gasteiger partial charge in [-0.3, -0.25) is 4.79 Å². The molecule has 0 amide bonds. The molecule has 0 unspecified atom stereocenters. The van der Waals surface area contributed by atoms with E-state index in [4.69, 9.17) is 11.6 Å². The minimum atomic E-state index is -0.218. The Morgan fingerprint density at radius 1 is 1.37 bits per heavy atom. The van der Waals surface area contributed by atoms with E-state index in [2.05, 4.69) is 24.3 Å². The van der Waals surface area contributed by atoms with Crippen molar-refractivity contribution in [2.75, 3.05) is 11.9 Å². The molecule has 0 radical (unpaired) electrons.